The standard InChI is InChI=1S/C24H29N/c1-18(2)3-4-19-5-9-21(10-6-19)23-13-15-24(16-14-23)22-11-7-20(17-25)8-12-22/h7-8,11-16,18-19,21H,3-6,9-10H2,1-2H3. The molecule has 0 amide bonds. The van der Waals surface area contributed by atoms with Crippen molar-refractivity contribution in [3.63, 3.8) is 0 Å². The lowest BCUT2D eigenvalue weighted by Crippen LogP contribution is -2.14. The van der Waals surface area contributed by atoms with Crippen molar-refractivity contribution in [1.82, 2.24) is 0 Å². The average Bonchev–Trinajstić information content (AvgIpc) is 2.67. The van der Waals surface area contributed by atoms with Crippen molar-refractivity contribution in [1.29, 1.82) is 5.26 Å². The van der Waals surface area contributed by atoms with Gasteiger partial charge in [0.15, 0.2) is 0 Å². The largest absolute Gasteiger partial charge is 0.192 e. The summed E-state index contributed by atoms with van der Waals surface area (Å²) in [4.78, 5) is 0. The molecule has 0 N–H and O–H groups in total. The van der Waals surface area contributed by atoms with E-state index in [2.05, 4.69) is 44.2 Å². The summed E-state index contributed by atoms with van der Waals surface area (Å²) < 4.78 is 0. The van der Waals surface area contributed by atoms with Crippen LogP contribution in [0.1, 0.15) is 69.4 Å². The normalized spacial score (nSPS) is 20.4. The number of hydrogen-bond donors (Lipinski definition) is 0. The first kappa shape index (κ1) is 17.7. The molecule has 1 saturated carbocycles. The van der Waals surface area contributed by atoms with Crippen molar-refractivity contribution >= 4 is 0 Å². The van der Waals surface area contributed by atoms with Crippen LogP contribution in [0, 0.1) is 23.2 Å². The van der Waals surface area contributed by atoms with Gasteiger partial charge in [-0.25, -0.2) is 0 Å². The fourth-order valence-electron chi connectivity index (χ4n) is 4.04. The van der Waals surface area contributed by atoms with Crippen LogP contribution >= 0.6 is 0 Å². The third kappa shape index (κ3) is 4.73. The zero-order chi connectivity index (χ0) is 17.6. The molecule has 0 radical (unpaired) electrons. The van der Waals surface area contributed by atoms with Gasteiger partial charge in [-0.3, -0.25) is 0 Å². The second-order valence-electron chi connectivity index (χ2n) is 8.00. The van der Waals surface area contributed by atoms with E-state index >= 15 is 0 Å². The highest BCUT2D eigenvalue weighted by Crippen LogP contribution is 2.38. The highest BCUT2D eigenvalue weighted by molar-refractivity contribution is 5.64. The van der Waals surface area contributed by atoms with E-state index < -0.39 is 0 Å². The molecule has 2 aromatic carbocycles. The Morgan fingerprint density at radius 1 is 0.880 bits per heavy atom. The molecule has 3 rings (SSSR count). The number of benzene rings is 2. The van der Waals surface area contributed by atoms with Gasteiger partial charge >= 0.3 is 0 Å². The maximum absolute atomic E-state index is 8.91. The molecular formula is C24H29N. The van der Waals surface area contributed by atoms with Crippen LogP contribution in [0.3, 0.4) is 0 Å². The minimum Gasteiger partial charge on any atom is -0.192 e. The molecule has 1 nitrogen and oxygen atoms in total. The van der Waals surface area contributed by atoms with E-state index in [-0.39, 0.29) is 0 Å². The monoisotopic (exact) mass is 331 g/mol. The summed E-state index contributed by atoms with van der Waals surface area (Å²) in [5.74, 6) is 2.54. The summed E-state index contributed by atoms with van der Waals surface area (Å²) in [6.45, 7) is 4.67. The van der Waals surface area contributed by atoms with Gasteiger partial charge in [0.05, 0.1) is 11.6 Å². The molecule has 1 heteroatoms. The Labute approximate surface area is 152 Å². The molecule has 0 aromatic heterocycles. The predicted molar refractivity (Wildman–Crippen MR) is 105 cm³/mol. The smallest absolute Gasteiger partial charge is 0.0991 e. The van der Waals surface area contributed by atoms with Gasteiger partial charge in [-0.15, -0.1) is 0 Å². The summed E-state index contributed by atoms with van der Waals surface area (Å²) in [6, 6.07) is 19.1. The minimum absolute atomic E-state index is 0.717. The van der Waals surface area contributed by atoms with Gasteiger partial charge in [-0.05, 0) is 72.3 Å². The minimum atomic E-state index is 0.717. The molecule has 130 valence electrons. The SMILES string of the molecule is CC(C)CCC1CCC(c2ccc(-c3ccc(C#N)cc3)cc2)CC1. The van der Waals surface area contributed by atoms with E-state index in [1.54, 1.807) is 0 Å². The highest BCUT2D eigenvalue weighted by atomic mass is 14.3. The first-order valence-corrected chi connectivity index (χ1v) is 9.76. The number of nitriles is 1. The van der Waals surface area contributed by atoms with Gasteiger partial charge in [0.1, 0.15) is 0 Å². The van der Waals surface area contributed by atoms with Crippen LogP contribution in [0.15, 0.2) is 48.5 Å². The van der Waals surface area contributed by atoms with E-state index in [0.717, 1.165) is 23.3 Å². The molecule has 1 aliphatic rings. The van der Waals surface area contributed by atoms with Crippen LogP contribution in [-0.4, -0.2) is 0 Å². The van der Waals surface area contributed by atoms with Crippen molar-refractivity contribution in [2.24, 2.45) is 11.8 Å². The topological polar surface area (TPSA) is 23.8 Å². The third-order valence-electron chi connectivity index (χ3n) is 5.73. The summed E-state index contributed by atoms with van der Waals surface area (Å²) in [5.41, 5.74) is 4.64. The van der Waals surface area contributed by atoms with Gasteiger partial charge < -0.3 is 0 Å². The molecule has 0 saturated heterocycles. The van der Waals surface area contributed by atoms with E-state index in [0.29, 0.717) is 0 Å². The Hall–Kier alpha value is -2.07. The lowest BCUT2D eigenvalue weighted by atomic mass is 9.76. The van der Waals surface area contributed by atoms with E-state index in [4.69, 9.17) is 5.26 Å². The van der Waals surface area contributed by atoms with Crippen LogP contribution in [-0.2, 0) is 0 Å². The van der Waals surface area contributed by atoms with Gasteiger partial charge in [0.2, 0.25) is 0 Å². The molecule has 0 heterocycles. The predicted octanol–water partition coefficient (Wildman–Crippen LogP) is 6.94. The summed E-state index contributed by atoms with van der Waals surface area (Å²) in [7, 11) is 0. The summed E-state index contributed by atoms with van der Waals surface area (Å²) in [6.07, 6.45) is 8.29. The van der Waals surface area contributed by atoms with Gasteiger partial charge in [-0.2, -0.15) is 5.26 Å². The maximum Gasteiger partial charge on any atom is 0.0991 e. The molecule has 0 atom stereocenters. The Morgan fingerprint density at radius 2 is 1.44 bits per heavy atom. The van der Waals surface area contributed by atoms with Crippen LogP contribution in [0.25, 0.3) is 11.1 Å². The summed E-state index contributed by atoms with van der Waals surface area (Å²) in [5, 5.41) is 8.91. The second kappa shape index (κ2) is 8.34. The van der Waals surface area contributed by atoms with Gasteiger partial charge in [0.25, 0.3) is 0 Å². The molecule has 2 aromatic rings. The molecule has 1 fully saturated rings. The van der Waals surface area contributed by atoms with Crippen LogP contribution < -0.4 is 0 Å². The van der Waals surface area contributed by atoms with Crippen molar-refractivity contribution in [2.45, 2.75) is 58.3 Å². The fourth-order valence-corrected chi connectivity index (χ4v) is 4.04. The first-order chi connectivity index (χ1) is 12.2. The van der Waals surface area contributed by atoms with E-state index in [1.165, 1.54) is 55.2 Å². The Balaban J connectivity index is 1.58. The Morgan fingerprint density at radius 3 is 1.96 bits per heavy atom. The van der Waals surface area contributed by atoms with Crippen LogP contribution in [0.5, 0.6) is 0 Å². The lowest BCUT2D eigenvalue weighted by Gasteiger charge is -2.29. The molecule has 0 bridgehead atoms. The number of nitrogens with zero attached hydrogens (tertiary/aromatic N) is 1. The van der Waals surface area contributed by atoms with Crippen molar-refractivity contribution in [2.75, 3.05) is 0 Å². The van der Waals surface area contributed by atoms with Crippen LogP contribution in [0.2, 0.25) is 0 Å². The van der Waals surface area contributed by atoms with Crippen LogP contribution in [0.4, 0.5) is 0 Å². The van der Waals surface area contributed by atoms with Gasteiger partial charge in [0, 0.05) is 0 Å². The lowest BCUT2D eigenvalue weighted by molar-refractivity contribution is 0.293. The number of hydrogen-bond acceptors (Lipinski definition) is 1. The van der Waals surface area contributed by atoms with Crippen molar-refractivity contribution < 1.29 is 0 Å². The molecule has 1 aliphatic carbocycles. The maximum atomic E-state index is 8.91. The van der Waals surface area contributed by atoms with Crippen molar-refractivity contribution in [3.8, 4) is 17.2 Å². The number of rotatable bonds is 5. The quantitative estimate of drug-likeness (QED) is 0.582. The molecule has 0 aliphatic heterocycles. The molecule has 0 spiro atoms. The van der Waals surface area contributed by atoms with Crippen molar-refractivity contribution in [3.05, 3.63) is 59.7 Å². The molecule has 0 unspecified atom stereocenters. The third-order valence-corrected chi connectivity index (χ3v) is 5.73. The Bertz CT molecular complexity index is 695. The molecule has 25 heavy (non-hydrogen) atoms. The fraction of sp³-hybridized carbons (Fsp3) is 0.458. The van der Waals surface area contributed by atoms with E-state index in [1.807, 2.05) is 24.3 Å². The second-order valence-corrected chi connectivity index (χ2v) is 8.00. The zero-order valence-electron chi connectivity index (χ0n) is 15.5. The molecular weight excluding hydrogens is 302 g/mol. The first-order valence-electron chi connectivity index (χ1n) is 9.76. The summed E-state index contributed by atoms with van der Waals surface area (Å²) >= 11 is 0. The highest BCUT2D eigenvalue weighted by Gasteiger charge is 2.22. The van der Waals surface area contributed by atoms with E-state index in [9.17, 15) is 0 Å². The zero-order valence-corrected chi connectivity index (χ0v) is 15.5. The average molecular weight is 332 g/mol. The Kier molecular flexibility index (Phi) is 5.92. The van der Waals surface area contributed by atoms with Gasteiger partial charge in [-0.1, -0.05) is 63.1 Å².